The van der Waals surface area contributed by atoms with Crippen molar-refractivity contribution >= 4 is 16.8 Å². The Morgan fingerprint density at radius 1 is 1.11 bits per heavy atom. The smallest absolute Gasteiger partial charge is 0.257 e. The Hall–Kier alpha value is -3.28. The second kappa shape index (κ2) is 8.40. The number of para-hydroxylation sites is 2. The molecule has 0 aliphatic carbocycles. The number of hydrogen-bond acceptors (Lipinski definition) is 4. The maximum Gasteiger partial charge on any atom is 0.257 e. The third-order valence-corrected chi connectivity index (χ3v) is 4.22. The first kappa shape index (κ1) is 18.5. The zero-order chi connectivity index (χ0) is 19.2. The van der Waals surface area contributed by atoms with Gasteiger partial charge in [-0.2, -0.15) is 0 Å². The van der Waals surface area contributed by atoms with Crippen LogP contribution in [0.3, 0.4) is 0 Å². The average Bonchev–Trinajstić information content (AvgIpc) is 2.67. The molecule has 0 aliphatic rings. The highest BCUT2D eigenvalue weighted by molar-refractivity contribution is 5.80. The number of aryl methyl sites for hydroxylation is 1. The maximum absolute atomic E-state index is 12.2. The molecule has 27 heavy (non-hydrogen) atoms. The van der Waals surface area contributed by atoms with Crippen LogP contribution in [-0.2, 0) is 11.2 Å². The van der Waals surface area contributed by atoms with Crippen LogP contribution in [0.25, 0.3) is 10.9 Å². The number of amides is 1. The van der Waals surface area contributed by atoms with Crippen LogP contribution < -0.4 is 20.3 Å². The molecule has 2 N–H and O–H groups in total. The van der Waals surface area contributed by atoms with Gasteiger partial charge in [-0.1, -0.05) is 24.3 Å². The van der Waals surface area contributed by atoms with Gasteiger partial charge in [-0.05, 0) is 48.6 Å². The van der Waals surface area contributed by atoms with Crippen molar-refractivity contribution in [3.05, 3.63) is 70.0 Å². The van der Waals surface area contributed by atoms with Gasteiger partial charge in [0.25, 0.3) is 11.5 Å². The Morgan fingerprint density at radius 3 is 2.67 bits per heavy atom. The van der Waals surface area contributed by atoms with Crippen LogP contribution in [0.1, 0.15) is 11.1 Å². The molecule has 0 radical (unpaired) electrons. The molecule has 0 bridgehead atoms. The number of aromatic nitrogens is 1. The molecule has 6 heteroatoms. The molecule has 1 heterocycles. The number of hydrogen-bond donors (Lipinski definition) is 2. The van der Waals surface area contributed by atoms with Crippen LogP contribution in [0.5, 0.6) is 11.5 Å². The highest BCUT2D eigenvalue weighted by Gasteiger charge is 2.08. The molecule has 0 fully saturated rings. The van der Waals surface area contributed by atoms with E-state index in [-0.39, 0.29) is 18.1 Å². The van der Waals surface area contributed by atoms with E-state index in [9.17, 15) is 9.59 Å². The molecule has 140 valence electrons. The normalized spacial score (nSPS) is 10.6. The van der Waals surface area contributed by atoms with E-state index in [0.717, 1.165) is 16.5 Å². The standard InChI is InChI=1S/C21H22N2O4/c1-14-7-8-15-12-16(21(25)23-17(15)11-14)9-10-22-20(24)13-27-19-6-4-3-5-18(19)26-2/h3-8,11-12H,9-10,13H2,1-2H3,(H,22,24)(H,23,25). The lowest BCUT2D eigenvalue weighted by atomic mass is 10.1. The molecule has 3 rings (SSSR count). The first-order valence-electron chi connectivity index (χ1n) is 8.72. The van der Waals surface area contributed by atoms with E-state index in [1.807, 2.05) is 43.3 Å². The number of ether oxygens (including phenoxy) is 2. The molecule has 0 aliphatic heterocycles. The minimum absolute atomic E-state index is 0.117. The first-order valence-corrected chi connectivity index (χ1v) is 8.72. The number of rotatable bonds is 7. The topological polar surface area (TPSA) is 80.4 Å². The van der Waals surface area contributed by atoms with Crippen LogP contribution in [0.15, 0.2) is 53.3 Å². The van der Waals surface area contributed by atoms with Crippen molar-refractivity contribution in [3.8, 4) is 11.5 Å². The van der Waals surface area contributed by atoms with Gasteiger partial charge in [0.05, 0.1) is 7.11 Å². The lowest BCUT2D eigenvalue weighted by Gasteiger charge is -2.10. The molecule has 1 aromatic heterocycles. The van der Waals surface area contributed by atoms with Gasteiger partial charge in [-0.3, -0.25) is 9.59 Å². The fourth-order valence-electron chi connectivity index (χ4n) is 2.81. The van der Waals surface area contributed by atoms with Gasteiger partial charge in [-0.15, -0.1) is 0 Å². The number of carbonyl (C=O) groups is 1. The zero-order valence-corrected chi connectivity index (χ0v) is 15.4. The van der Waals surface area contributed by atoms with Crippen molar-refractivity contribution in [3.63, 3.8) is 0 Å². The summed E-state index contributed by atoms with van der Waals surface area (Å²) in [4.78, 5) is 27.1. The fourth-order valence-corrected chi connectivity index (χ4v) is 2.81. The predicted molar refractivity (Wildman–Crippen MR) is 105 cm³/mol. The van der Waals surface area contributed by atoms with Crippen LogP contribution in [0, 0.1) is 6.92 Å². The molecule has 0 unspecified atom stereocenters. The van der Waals surface area contributed by atoms with E-state index in [2.05, 4.69) is 10.3 Å². The average molecular weight is 366 g/mol. The summed E-state index contributed by atoms with van der Waals surface area (Å²) in [6.07, 6.45) is 0.444. The molecule has 6 nitrogen and oxygen atoms in total. The van der Waals surface area contributed by atoms with Crippen molar-refractivity contribution in [2.75, 3.05) is 20.3 Å². The molecular formula is C21H22N2O4. The van der Waals surface area contributed by atoms with E-state index in [0.29, 0.717) is 30.0 Å². The highest BCUT2D eigenvalue weighted by Crippen LogP contribution is 2.25. The number of methoxy groups -OCH3 is 1. The number of pyridine rings is 1. The molecular weight excluding hydrogens is 344 g/mol. The number of carbonyl (C=O) groups excluding carboxylic acids is 1. The molecule has 0 spiro atoms. The molecule has 3 aromatic rings. The Bertz CT molecular complexity index is 1010. The van der Waals surface area contributed by atoms with Crippen molar-refractivity contribution in [2.45, 2.75) is 13.3 Å². The summed E-state index contributed by atoms with van der Waals surface area (Å²) < 4.78 is 10.7. The Labute approximate surface area is 157 Å². The zero-order valence-electron chi connectivity index (χ0n) is 15.4. The monoisotopic (exact) mass is 366 g/mol. The quantitative estimate of drug-likeness (QED) is 0.673. The maximum atomic E-state index is 12.2. The van der Waals surface area contributed by atoms with E-state index >= 15 is 0 Å². The molecule has 0 saturated carbocycles. The molecule has 0 atom stereocenters. The van der Waals surface area contributed by atoms with Gasteiger partial charge in [0.15, 0.2) is 18.1 Å². The van der Waals surface area contributed by atoms with Gasteiger partial charge in [0.1, 0.15) is 0 Å². The second-order valence-electron chi connectivity index (χ2n) is 6.25. The van der Waals surface area contributed by atoms with Crippen LogP contribution in [0.4, 0.5) is 0 Å². The first-order chi connectivity index (χ1) is 13.1. The van der Waals surface area contributed by atoms with E-state index in [1.165, 1.54) is 0 Å². The van der Waals surface area contributed by atoms with Crippen LogP contribution in [-0.4, -0.2) is 31.2 Å². The van der Waals surface area contributed by atoms with Crippen molar-refractivity contribution in [1.82, 2.24) is 10.3 Å². The summed E-state index contributed by atoms with van der Waals surface area (Å²) in [6, 6.07) is 14.9. The SMILES string of the molecule is COc1ccccc1OCC(=O)NCCc1cc2ccc(C)cc2[nH]c1=O. The van der Waals surface area contributed by atoms with E-state index in [4.69, 9.17) is 9.47 Å². The Kier molecular flexibility index (Phi) is 5.76. The third kappa shape index (κ3) is 4.67. The number of H-pyrrole nitrogens is 1. The summed E-state index contributed by atoms with van der Waals surface area (Å²) >= 11 is 0. The van der Waals surface area contributed by atoms with Crippen LogP contribution in [0.2, 0.25) is 0 Å². The molecule has 0 saturated heterocycles. The summed E-state index contributed by atoms with van der Waals surface area (Å²) in [5.74, 6) is 0.827. The number of aromatic amines is 1. The highest BCUT2D eigenvalue weighted by atomic mass is 16.5. The second-order valence-corrected chi connectivity index (χ2v) is 6.25. The largest absolute Gasteiger partial charge is 0.493 e. The van der Waals surface area contributed by atoms with E-state index in [1.54, 1.807) is 19.2 Å². The van der Waals surface area contributed by atoms with Gasteiger partial charge in [-0.25, -0.2) is 0 Å². The summed E-state index contributed by atoms with van der Waals surface area (Å²) in [5, 5.41) is 3.74. The minimum atomic E-state index is -0.256. The summed E-state index contributed by atoms with van der Waals surface area (Å²) in [7, 11) is 1.55. The lowest BCUT2D eigenvalue weighted by molar-refractivity contribution is -0.123. The number of benzene rings is 2. The van der Waals surface area contributed by atoms with E-state index < -0.39 is 0 Å². The Morgan fingerprint density at radius 2 is 1.89 bits per heavy atom. The fraction of sp³-hybridized carbons (Fsp3) is 0.238. The number of fused-ring (bicyclic) bond motifs is 1. The van der Waals surface area contributed by atoms with Gasteiger partial charge >= 0.3 is 0 Å². The van der Waals surface area contributed by atoms with Crippen LogP contribution >= 0.6 is 0 Å². The molecule has 1 amide bonds. The summed E-state index contributed by atoms with van der Waals surface area (Å²) in [5.41, 5.74) is 2.41. The van der Waals surface area contributed by atoms with Gasteiger partial charge < -0.3 is 19.8 Å². The minimum Gasteiger partial charge on any atom is -0.493 e. The number of nitrogens with one attached hydrogen (secondary N) is 2. The van der Waals surface area contributed by atoms with Gasteiger partial charge in [0.2, 0.25) is 0 Å². The third-order valence-electron chi connectivity index (χ3n) is 4.22. The van der Waals surface area contributed by atoms with Crippen molar-refractivity contribution in [1.29, 1.82) is 0 Å². The van der Waals surface area contributed by atoms with Crippen molar-refractivity contribution in [2.24, 2.45) is 0 Å². The molecule has 2 aromatic carbocycles. The Balaban J connectivity index is 1.54. The lowest BCUT2D eigenvalue weighted by Crippen LogP contribution is -2.31. The summed E-state index contributed by atoms with van der Waals surface area (Å²) in [6.45, 7) is 2.22. The predicted octanol–water partition coefficient (Wildman–Crippen LogP) is 2.58. The van der Waals surface area contributed by atoms with Gasteiger partial charge in [0, 0.05) is 17.6 Å². The van der Waals surface area contributed by atoms with Crippen molar-refractivity contribution < 1.29 is 14.3 Å².